The van der Waals surface area contributed by atoms with Gasteiger partial charge in [0.1, 0.15) is 0 Å². The highest BCUT2D eigenvalue weighted by Crippen LogP contribution is 2.22. The van der Waals surface area contributed by atoms with Crippen LogP contribution in [0.3, 0.4) is 0 Å². The molecule has 0 aliphatic carbocycles. The summed E-state index contributed by atoms with van der Waals surface area (Å²) in [6, 6.07) is 4.94. The molecule has 0 radical (unpaired) electrons. The maximum Gasteiger partial charge on any atom is 0.319 e. The van der Waals surface area contributed by atoms with Crippen LogP contribution in [-0.2, 0) is 0 Å². The summed E-state index contributed by atoms with van der Waals surface area (Å²) in [6.45, 7) is 1.93. The normalized spacial score (nSPS) is 9.69. The smallest absolute Gasteiger partial charge is 0.319 e. The number of nitrogen functional groups attached to an aromatic ring is 1. The summed E-state index contributed by atoms with van der Waals surface area (Å²) in [4.78, 5) is 12.1. The molecular formula is C9H13N3O. The van der Waals surface area contributed by atoms with Crippen molar-refractivity contribution in [1.29, 1.82) is 0 Å². The van der Waals surface area contributed by atoms with Gasteiger partial charge in [0, 0.05) is 7.05 Å². The average Bonchev–Trinajstić information content (AvgIpc) is 2.03. The van der Waals surface area contributed by atoms with E-state index in [1.54, 1.807) is 19.2 Å². The van der Waals surface area contributed by atoms with Crippen LogP contribution in [0.25, 0.3) is 0 Å². The van der Waals surface area contributed by atoms with Crippen molar-refractivity contribution >= 4 is 17.4 Å². The summed E-state index contributed by atoms with van der Waals surface area (Å²) in [5.41, 5.74) is 13.1. The van der Waals surface area contributed by atoms with E-state index < -0.39 is 6.03 Å². The summed E-state index contributed by atoms with van der Waals surface area (Å²) in [7, 11) is 1.59. The molecule has 13 heavy (non-hydrogen) atoms. The lowest BCUT2D eigenvalue weighted by Crippen LogP contribution is -2.32. The lowest BCUT2D eigenvalue weighted by Gasteiger charge is -2.16. The first-order chi connectivity index (χ1) is 6.02. The Morgan fingerprint density at radius 1 is 1.46 bits per heavy atom. The second-order valence-electron chi connectivity index (χ2n) is 2.96. The summed E-state index contributed by atoms with van der Waals surface area (Å²) < 4.78 is 0. The number of carbonyl (C=O) groups excluding carboxylic acids is 1. The third kappa shape index (κ3) is 1.90. The molecule has 4 heteroatoms. The van der Waals surface area contributed by atoms with E-state index in [9.17, 15) is 4.79 Å². The highest BCUT2D eigenvalue weighted by molar-refractivity contribution is 5.93. The lowest BCUT2D eigenvalue weighted by atomic mass is 10.2. The SMILES string of the molecule is Cc1ccc(N(C)C(N)=O)c(N)c1. The minimum absolute atomic E-state index is 0.518. The minimum Gasteiger partial charge on any atom is -0.397 e. The van der Waals surface area contributed by atoms with Crippen molar-refractivity contribution in [3.63, 3.8) is 0 Å². The van der Waals surface area contributed by atoms with E-state index in [2.05, 4.69) is 0 Å². The van der Waals surface area contributed by atoms with Crippen molar-refractivity contribution in [3.05, 3.63) is 23.8 Å². The molecule has 1 aromatic rings. The molecule has 4 nitrogen and oxygen atoms in total. The highest BCUT2D eigenvalue weighted by Gasteiger charge is 2.08. The number of amides is 2. The maximum absolute atomic E-state index is 10.8. The maximum atomic E-state index is 10.8. The molecule has 0 spiro atoms. The van der Waals surface area contributed by atoms with Gasteiger partial charge in [0.15, 0.2) is 0 Å². The molecular weight excluding hydrogens is 166 g/mol. The fourth-order valence-electron chi connectivity index (χ4n) is 1.10. The predicted octanol–water partition coefficient (Wildman–Crippen LogP) is 1.09. The van der Waals surface area contributed by atoms with Gasteiger partial charge in [-0.1, -0.05) is 6.07 Å². The minimum atomic E-state index is -0.518. The van der Waals surface area contributed by atoms with Crippen LogP contribution >= 0.6 is 0 Å². The number of benzene rings is 1. The molecule has 0 aliphatic heterocycles. The van der Waals surface area contributed by atoms with Crippen LogP contribution in [0.15, 0.2) is 18.2 Å². The number of urea groups is 1. The molecule has 0 bridgehead atoms. The van der Waals surface area contributed by atoms with Gasteiger partial charge in [-0.2, -0.15) is 0 Å². The molecule has 0 unspecified atom stereocenters. The van der Waals surface area contributed by atoms with Crippen molar-refractivity contribution in [3.8, 4) is 0 Å². The first kappa shape index (κ1) is 9.38. The molecule has 0 heterocycles. The zero-order chi connectivity index (χ0) is 10.0. The van der Waals surface area contributed by atoms with Crippen molar-refractivity contribution in [2.75, 3.05) is 17.7 Å². The van der Waals surface area contributed by atoms with Gasteiger partial charge in [0.2, 0.25) is 0 Å². The number of aryl methyl sites for hydroxylation is 1. The zero-order valence-electron chi connectivity index (χ0n) is 7.74. The van der Waals surface area contributed by atoms with Gasteiger partial charge in [-0.15, -0.1) is 0 Å². The largest absolute Gasteiger partial charge is 0.397 e. The van der Waals surface area contributed by atoms with Gasteiger partial charge in [-0.25, -0.2) is 4.79 Å². The molecule has 0 saturated heterocycles. The second kappa shape index (κ2) is 3.35. The summed E-state index contributed by atoms with van der Waals surface area (Å²) in [5, 5.41) is 0. The number of primary amides is 1. The van der Waals surface area contributed by atoms with E-state index in [-0.39, 0.29) is 0 Å². The van der Waals surface area contributed by atoms with E-state index >= 15 is 0 Å². The Bertz CT molecular complexity index is 336. The number of carbonyl (C=O) groups is 1. The average molecular weight is 179 g/mol. The standard InChI is InChI=1S/C9H13N3O/c1-6-3-4-8(7(10)5-6)12(2)9(11)13/h3-5H,10H2,1-2H3,(H2,11,13). The van der Waals surface area contributed by atoms with E-state index in [1.807, 2.05) is 13.0 Å². The molecule has 1 rings (SSSR count). The third-order valence-electron chi connectivity index (χ3n) is 1.87. The molecule has 0 aliphatic rings. The molecule has 0 atom stereocenters. The Morgan fingerprint density at radius 2 is 2.08 bits per heavy atom. The Balaban J connectivity index is 3.08. The predicted molar refractivity (Wildman–Crippen MR) is 53.6 cm³/mol. The van der Waals surface area contributed by atoms with Crippen molar-refractivity contribution < 1.29 is 4.79 Å². The Hall–Kier alpha value is -1.71. The number of anilines is 2. The van der Waals surface area contributed by atoms with Crippen LogP contribution < -0.4 is 16.4 Å². The van der Waals surface area contributed by atoms with Gasteiger partial charge in [-0.3, -0.25) is 4.90 Å². The van der Waals surface area contributed by atoms with Crippen molar-refractivity contribution in [1.82, 2.24) is 0 Å². The topological polar surface area (TPSA) is 72.3 Å². The van der Waals surface area contributed by atoms with Crippen molar-refractivity contribution in [2.24, 2.45) is 5.73 Å². The fourth-order valence-corrected chi connectivity index (χ4v) is 1.10. The van der Waals surface area contributed by atoms with E-state index in [0.29, 0.717) is 11.4 Å². The molecule has 0 aromatic heterocycles. The number of nitrogens with zero attached hydrogens (tertiary/aromatic N) is 1. The van der Waals surface area contributed by atoms with Crippen LogP contribution in [-0.4, -0.2) is 13.1 Å². The third-order valence-corrected chi connectivity index (χ3v) is 1.87. The monoisotopic (exact) mass is 179 g/mol. The molecule has 0 saturated carbocycles. The van der Waals surface area contributed by atoms with Crippen LogP contribution in [0.5, 0.6) is 0 Å². The fraction of sp³-hybridized carbons (Fsp3) is 0.222. The molecule has 70 valence electrons. The van der Waals surface area contributed by atoms with Crippen LogP contribution in [0.2, 0.25) is 0 Å². The first-order valence-corrected chi connectivity index (χ1v) is 3.91. The first-order valence-electron chi connectivity index (χ1n) is 3.91. The molecule has 0 fully saturated rings. The van der Waals surface area contributed by atoms with Crippen LogP contribution in [0.1, 0.15) is 5.56 Å². The van der Waals surface area contributed by atoms with Gasteiger partial charge in [0.05, 0.1) is 11.4 Å². The number of hydrogen-bond donors (Lipinski definition) is 2. The summed E-state index contributed by atoms with van der Waals surface area (Å²) in [6.07, 6.45) is 0. The van der Waals surface area contributed by atoms with Gasteiger partial charge in [-0.05, 0) is 24.6 Å². The Labute approximate surface area is 77.1 Å². The van der Waals surface area contributed by atoms with Gasteiger partial charge in [0.25, 0.3) is 0 Å². The van der Waals surface area contributed by atoms with Crippen LogP contribution in [0, 0.1) is 6.92 Å². The van der Waals surface area contributed by atoms with E-state index in [4.69, 9.17) is 11.5 Å². The van der Waals surface area contributed by atoms with Gasteiger partial charge >= 0.3 is 6.03 Å². The molecule has 2 amide bonds. The number of nitrogens with two attached hydrogens (primary N) is 2. The highest BCUT2D eigenvalue weighted by atomic mass is 16.2. The zero-order valence-corrected chi connectivity index (χ0v) is 7.74. The summed E-state index contributed by atoms with van der Waals surface area (Å²) in [5.74, 6) is 0. The summed E-state index contributed by atoms with van der Waals surface area (Å²) >= 11 is 0. The second-order valence-corrected chi connectivity index (χ2v) is 2.96. The number of hydrogen-bond acceptors (Lipinski definition) is 2. The number of rotatable bonds is 1. The van der Waals surface area contributed by atoms with E-state index in [0.717, 1.165) is 5.56 Å². The van der Waals surface area contributed by atoms with Crippen LogP contribution in [0.4, 0.5) is 16.2 Å². The van der Waals surface area contributed by atoms with E-state index in [1.165, 1.54) is 4.90 Å². The molecule has 4 N–H and O–H groups in total. The Morgan fingerprint density at radius 3 is 2.54 bits per heavy atom. The quantitative estimate of drug-likeness (QED) is 0.633. The Kier molecular flexibility index (Phi) is 2.41. The lowest BCUT2D eigenvalue weighted by molar-refractivity contribution is 0.255. The van der Waals surface area contributed by atoms with Crippen molar-refractivity contribution in [2.45, 2.75) is 6.92 Å². The molecule has 1 aromatic carbocycles. The van der Waals surface area contributed by atoms with Gasteiger partial charge < -0.3 is 11.5 Å².